The molecule has 0 saturated carbocycles. The molecule has 0 bridgehead atoms. The van der Waals surface area contributed by atoms with Crippen molar-refractivity contribution in [3.05, 3.63) is 59.8 Å². The van der Waals surface area contributed by atoms with Gasteiger partial charge in [-0.3, -0.25) is 9.59 Å². The first-order valence-electron chi connectivity index (χ1n) is 10.3. The van der Waals surface area contributed by atoms with Crippen LogP contribution in [0, 0.1) is 0 Å². The third-order valence-electron chi connectivity index (χ3n) is 4.65. The summed E-state index contributed by atoms with van der Waals surface area (Å²) in [5.74, 6) is -0.168. The maximum absolute atomic E-state index is 11.9. The van der Waals surface area contributed by atoms with Crippen LogP contribution in [0.2, 0.25) is 0 Å². The summed E-state index contributed by atoms with van der Waals surface area (Å²) in [6.45, 7) is 7.17. The van der Waals surface area contributed by atoms with E-state index in [-0.39, 0.29) is 11.8 Å². The number of carbonyl (C=O) groups excluding carboxylic acids is 2. The molecular formula is C25H28N2O3. The lowest BCUT2D eigenvalue weighted by molar-refractivity contribution is -0.154. The average Bonchev–Trinajstić information content (AvgIpc) is 2.69. The Morgan fingerprint density at radius 1 is 0.933 bits per heavy atom. The molecule has 5 nitrogen and oxygen atoms in total. The molecule has 3 aromatic rings. The van der Waals surface area contributed by atoms with Crippen molar-refractivity contribution in [1.82, 2.24) is 9.97 Å². The Hall–Kier alpha value is -3.08. The Morgan fingerprint density at radius 3 is 2.33 bits per heavy atom. The summed E-state index contributed by atoms with van der Waals surface area (Å²) < 4.78 is 5.38. The molecule has 0 N–H and O–H groups in total. The van der Waals surface area contributed by atoms with E-state index in [1.807, 2.05) is 57.2 Å². The van der Waals surface area contributed by atoms with Gasteiger partial charge in [-0.1, -0.05) is 30.3 Å². The molecule has 1 heterocycles. The normalized spacial score (nSPS) is 11.5. The van der Waals surface area contributed by atoms with Gasteiger partial charge < -0.3 is 4.74 Å². The summed E-state index contributed by atoms with van der Waals surface area (Å²) in [5.41, 5.74) is 4.35. The molecule has 0 atom stereocenters. The van der Waals surface area contributed by atoms with E-state index in [1.54, 1.807) is 19.1 Å². The molecule has 30 heavy (non-hydrogen) atoms. The zero-order valence-corrected chi connectivity index (χ0v) is 18.1. The number of benzene rings is 2. The fourth-order valence-corrected chi connectivity index (χ4v) is 3.27. The zero-order chi connectivity index (χ0) is 21.7. The van der Waals surface area contributed by atoms with Crippen LogP contribution >= 0.6 is 0 Å². The third kappa shape index (κ3) is 5.72. The van der Waals surface area contributed by atoms with Gasteiger partial charge in [0.15, 0.2) is 5.78 Å². The van der Waals surface area contributed by atoms with Crippen LogP contribution < -0.4 is 0 Å². The van der Waals surface area contributed by atoms with Gasteiger partial charge in [0.2, 0.25) is 0 Å². The van der Waals surface area contributed by atoms with Gasteiger partial charge in [-0.15, -0.1) is 0 Å². The lowest BCUT2D eigenvalue weighted by Gasteiger charge is -2.19. The number of ketones is 1. The van der Waals surface area contributed by atoms with Gasteiger partial charge in [-0.2, -0.15) is 0 Å². The van der Waals surface area contributed by atoms with Crippen molar-refractivity contribution < 1.29 is 14.3 Å². The summed E-state index contributed by atoms with van der Waals surface area (Å²) >= 11 is 0. The highest BCUT2D eigenvalue weighted by molar-refractivity contribution is 5.97. The first kappa shape index (κ1) is 21.6. The van der Waals surface area contributed by atoms with E-state index in [0.717, 1.165) is 35.3 Å². The molecule has 0 fully saturated rings. The molecule has 5 heteroatoms. The lowest BCUT2D eigenvalue weighted by Crippen LogP contribution is -2.23. The second-order valence-electron chi connectivity index (χ2n) is 8.44. The molecular weight excluding hydrogens is 376 g/mol. The van der Waals surface area contributed by atoms with Crippen LogP contribution in [0.1, 0.15) is 63.0 Å². The second-order valence-corrected chi connectivity index (χ2v) is 8.44. The largest absolute Gasteiger partial charge is 0.460 e. The summed E-state index contributed by atoms with van der Waals surface area (Å²) in [6.07, 6.45) is 2.64. The van der Waals surface area contributed by atoms with E-state index in [0.29, 0.717) is 23.9 Å². The predicted octanol–water partition coefficient (Wildman–Crippen LogP) is 5.55. The first-order valence-corrected chi connectivity index (χ1v) is 10.3. The number of hydrogen-bond acceptors (Lipinski definition) is 5. The number of ether oxygens (including phenoxy) is 1. The number of carbonyl (C=O) groups is 2. The first-order chi connectivity index (χ1) is 14.2. The molecule has 0 saturated heterocycles. The fraction of sp³-hybridized carbons (Fsp3) is 0.360. The van der Waals surface area contributed by atoms with Crippen molar-refractivity contribution >= 4 is 22.8 Å². The van der Waals surface area contributed by atoms with Gasteiger partial charge in [0.1, 0.15) is 5.60 Å². The minimum absolute atomic E-state index is 0.00572. The van der Waals surface area contributed by atoms with Crippen LogP contribution in [-0.2, 0) is 16.0 Å². The highest BCUT2D eigenvalue weighted by atomic mass is 16.6. The van der Waals surface area contributed by atoms with Gasteiger partial charge in [-0.25, -0.2) is 9.97 Å². The van der Waals surface area contributed by atoms with Crippen LogP contribution in [0.3, 0.4) is 0 Å². The Morgan fingerprint density at radius 2 is 1.67 bits per heavy atom. The van der Waals surface area contributed by atoms with E-state index in [1.165, 1.54) is 0 Å². The summed E-state index contributed by atoms with van der Waals surface area (Å²) in [4.78, 5) is 33.4. The minimum atomic E-state index is -0.458. The Labute approximate surface area is 177 Å². The van der Waals surface area contributed by atoms with E-state index in [2.05, 4.69) is 0 Å². The molecule has 2 aromatic carbocycles. The maximum atomic E-state index is 11.9. The van der Waals surface area contributed by atoms with Crippen LogP contribution in [0.15, 0.2) is 48.5 Å². The third-order valence-corrected chi connectivity index (χ3v) is 4.65. The van der Waals surface area contributed by atoms with Gasteiger partial charge in [-0.05, 0) is 65.2 Å². The van der Waals surface area contributed by atoms with Gasteiger partial charge >= 0.3 is 5.97 Å². The average molecular weight is 405 g/mol. The van der Waals surface area contributed by atoms with Crippen LogP contribution in [0.5, 0.6) is 0 Å². The summed E-state index contributed by atoms with van der Waals surface area (Å²) in [5, 5.41) is 0. The predicted molar refractivity (Wildman–Crippen MR) is 118 cm³/mol. The lowest BCUT2D eigenvalue weighted by atomic mass is 10.0. The summed E-state index contributed by atoms with van der Waals surface area (Å²) in [6, 6.07) is 15.4. The van der Waals surface area contributed by atoms with Crippen LogP contribution in [0.25, 0.3) is 22.3 Å². The molecule has 156 valence electrons. The maximum Gasteiger partial charge on any atom is 0.306 e. The van der Waals surface area contributed by atoms with Crippen molar-refractivity contribution in [2.24, 2.45) is 0 Å². The van der Waals surface area contributed by atoms with Gasteiger partial charge in [0.25, 0.3) is 0 Å². The minimum Gasteiger partial charge on any atom is -0.460 e. The Bertz CT molecular complexity index is 1050. The molecule has 1 aromatic heterocycles. The molecule has 0 aliphatic carbocycles. The number of fused-ring (bicyclic) bond motifs is 1. The standard InChI is InChI=1S/C25H28N2O3/c1-17(28)19-14-15-20-22(16-19)27-24(18-10-6-5-7-11-18)21(26-20)12-8-9-13-23(29)30-25(2,3)4/h5-7,10-11,14-16H,8-9,12-13H2,1-4H3. The highest BCUT2D eigenvalue weighted by Gasteiger charge is 2.16. The number of unbranched alkanes of at least 4 members (excludes halogenated alkanes) is 1. The van der Waals surface area contributed by atoms with Crippen molar-refractivity contribution in [1.29, 1.82) is 0 Å². The van der Waals surface area contributed by atoms with Crippen molar-refractivity contribution in [2.75, 3.05) is 0 Å². The van der Waals surface area contributed by atoms with Gasteiger partial charge in [0, 0.05) is 17.5 Å². The fourth-order valence-electron chi connectivity index (χ4n) is 3.27. The number of esters is 1. The Kier molecular flexibility index (Phi) is 6.60. The molecule has 0 radical (unpaired) electrons. The number of rotatable bonds is 7. The van der Waals surface area contributed by atoms with E-state index in [9.17, 15) is 9.59 Å². The number of aryl methyl sites for hydroxylation is 1. The smallest absolute Gasteiger partial charge is 0.306 e. The van der Waals surface area contributed by atoms with Crippen molar-refractivity contribution in [2.45, 2.75) is 59.0 Å². The zero-order valence-electron chi connectivity index (χ0n) is 18.1. The van der Waals surface area contributed by atoms with Crippen LogP contribution in [-0.4, -0.2) is 27.3 Å². The van der Waals surface area contributed by atoms with E-state index in [4.69, 9.17) is 14.7 Å². The molecule has 3 rings (SSSR count). The SMILES string of the molecule is CC(=O)c1ccc2nc(CCCCC(=O)OC(C)(C)C)c(-c3ccccc3)nc2c1. The van der Waals surface area contributed by atoms with Gasteiger partial charge in [0.05, 0.1) is 22.4 Å². The Balaban J connectivity index is 1.82. The van der Waals surface area contributed by atoms with E-state index < -0.39 is 5.60 Å². The van der Waals surface area contributed by atoms with Crippen molar-refractivity contribution in [3.63, 3.8) is 0 Å². The molecule has 0 aliphatic rings. The molecule has 0 spiro atoms. The monoisotopic (exact) mass is 404 g/mol. The topological polar surface area (TPSA) is 69.2 Å². The van der Waals surface area contributed by atoms with E-state index >= 15 is 0 Å². The second kappa shape index (κ2) is 9.16. The summed E-state index contributed by atoms with van der Waals surface area (Å²) in [7, 11) is 0. The number of aromatic nitrogens is 2. The number of nitrogens with zero attached hydrogens (tertiary/aromatic N) is 2. The highest BCUT2D eigenvalue weighted by Crippen LogP contribution is 2.25. The van der Waals surface area contributed by atoms with Crippen LogP contribution in [0.4, 0.5) is 0 Å². The quantitative estimate of drug-likeness (QED) is 0.293. The molecule has 0 aliphatic heterocycles. The molecule has 0 amide bonds. The van der Waals surface area contributed by atoms with Crippen molar-refractivity contribution in [3.8, 4) is 11.3 Å². The number of Topliss-reactive ketones (excluding diaryl/α,β-unsaturated/α-hetero) is 1. The molecule has 0 unspecified atom stereocenters. The number of hydrogen-bond donors (Lipinski definition) is 0.